The zero-order valence-corrected chi connectivity index (χ0v) is 10.6. The summed E-state index contributed by atoms with van der Waals surface area (Å²) in [5.41, 5.74) is 0.957. The third kappa shape index (κ3) is 4.87. The van der Waals surface area contributed by atoms with Crippen molar-refractivity contribution in [1.29, 1.82) is 0 Å². The van der Waals surface area contributed by atoms with Crippen LogP contribution in [0.3, 0.4) is 0 Å². The molecule has 1 unspecified atom stereocenters. The van der Waals surface area contributed by atoms with Crippen molar-refractivity contribution >= 4 is 5.91 Å². The molecule has 94 valence electrons. The maximum absolute atomic E-state index is 11.7. The number of nitrogens with one attached hydrogen (secondary N) is 2. The van der Waals surface area contributed by atoms with E-state index in [0.29, 0.717) is 13.0 Å². The number of rotatable bonds is 6. The molecule has 1 rings (SSSR count). The van der Waals surface area contributed by atoms with E-state index in [9.17, 15) is 4.79 Å². The second-order valence-electron chi connectivity index (χ2n) is 4.02. The first-order chi connectivity index (χ1) is 8.15. The molecule has 0 heterocycles. The molecular weight excluding hydrogens is 216 g/mol. The Balaban J connectivity index is 2.44. The van der Waals surface area contributed by atoms with E-state index in [4.69, 9.17) is 4.74 Å². The zero-order valence-electron chi connectivity index (χ0n) is 10.6. The van der Waals surface area contributed by atoms with Gasteiger partial charge in [0.15, 0.2) is 0 Å². The van der Waals surface area contributed by atoms with Gasteiger partial charge in [0.25, 0.3) is 0 Å². The van der Waals surface area contributed by atoms with Crippen molar-refractivity contribution in [3.63, 3.8) is 0 Å². The summed E-state index contributed by atoms with van der Waals surface area (Å²) in [6, 6.07) is 7.83. The number of ether oxygens (including phenoxy) is 1. The Morgan fingerprint density at radius 3 is 2.88 bits per heavy atom. The second kappa shape index (κ2) is 6.91. The first-order valence-electron chi connectivity index (χ1n) is 5.72. The van der Waals surface area contributed by atoms with Crippen molar-refractivity contribution in [3.8, 4) is 5.75 Å². The average Bonchev–Trinajstić information content (AvgIpc) is 2.36. The fourth-order valence-electron chi connectivity index (χ4n) is 1.40. The van der Waals surface area contributed by atoms with Gasteiger partial charge in [-0.25, -0.2) is 0 Å². The first kappa shape index (κ1) is 13.5. The second-order valence-corrected chi connectivity index (χ2v) is 4.02. The van der Waals surface area contributed by atoms with Crippen LogP contribution < -0.4 is 15.4 Å². The first-order valence-corrected chi connectivity index (χ1v) is 5.72. The summed E-state index contributed by atoms with van der Waals surface area (Å²) in [4.78, 5) is 11.7. The number of methoxy groups -OCH3 is 1. The molecule has 0 fully saturated rings. The van der Waals surface area contributed by atoms with Crippen molar-refractivity contribution in [2.24, 2.45) is 0 Å². The van der Waals surface area contributed by atoms with Gasteiger partial charge in [0.05, 0.1) is 13.5 Å². The smallest absolute Gasteiger partial charge is 0.224 e. The molecule has 2 N–H and O–H groups in total. The lowest BCUT2D eigenvalue weighted by molar-refractivity contribution is -0.120. The van der Waals surface area contributed by atoms with Crippen molar-refractivity contribution in [2.75, 3.05) is 20.7 Å². The van der Waals surface area contributed by atoms with Crippen LogP contribution in [0.2, 0.25) is 0 Å². The number of carbonyl (C=O) groups excluding carboxylic acids is 1. The van der Waals surface area contributed by atoms with Gasteiger partial charge < -0.3 is 15.4 Å². The van der Waals surface area contributed by atoms with E-state index in [2.05, 4.69) is 10.6 Å². The van der Waals surface area contributed by atoms with E-state index in [0.717, 1.165) is 11.3 Å². The van der Waals surface area contributed by atoms with Gasteiger partial charge in [-0.2, -0.15) is 0 Å². The van der Waals surface area contributed by atoms with Crippen LogP contribution in [0.1, 0.15) is 12.5 Å². The van der Waals surface area contributed by atoms with Gasteiger partial charge in [-0.05, 0) is 31.7 Å². The molecule has 1 amide bonds. The van der Waals surface area contributed by atoms with E-state index < -0.39 is 0 Å². The zero-order chi connectivity index (χ0) is 12.7. The molecule has 4 nitrogen and oxygen atoms in total. The predicted octanol–water partition coefficient (Wildman–Crippen LogP) is 0.962. The Morgan fingerprint density at radius 1 is 1.47 bits per heavy atom. The Morgan fingerprint density at radius 2 is 2.24 bits per heavy atom. The van der Waals surface area contributed by atoms with E-state index in [1.54, 1.807) is 7.11 Å². The molecule has 0 bridgehead atoms. The van der Waals surface area contributed by atoms with Gasteiger partial charge >= 0.3 is 0 Å². The Bertz CT molecular complexity index is 366. The fraction of sp³-hybridized carbons (Fsp3) is 0.462. The van der Waals surface area contributed by atoms with Crippen LogP contribution in [0.5, 0.6) is 5.75 Å². The summed E-state index contributed by atoms with van der Waals surface area (Å²) in [7, 11) is 3.49. The normalized spacial score (nSPS) is 11.9. The monoisotopic (exact) mass is 236 g/mol. The third-order valence-electron chi connectivity index (χ3n) is 2.60. The average molecular weight is 236 g/mol. The molecule has 0 saturated heterocycles. The summed E-state index contributed by atoms with van der Waals surface area (Å²) in [5.74, 6) is 0.805. The number of amides is 1. The minimum absolute atomic E-state index is 0.0281. The fourth-order valence-corrected chi connectivity index (χ4v) is 1.40. The summed E-state index contributed by atoms with van der Waals surface area (Å²) >= 11 is 0. The van der Waals surface area contributed by atoms with Crippen LogP contribution >= 0.6 is 0 Å². The molecule has 0 aliphatic rings. The van der Waals surface area contributed by atoms with Gasteiger partial charge in [-0.3, -0.25) is 4.79 Å². The van der Waals surface area contributed by atoms with E-state index in [-0.39, 0.29) is 11.9 Å². The number of benzene rings is 1. The van der Waals surface area contributed by atoms with Crippen molar-refractivity contribution in [1.82, 2.24) is 10.6 Å². The number of hydrogen-bond acceptors (Lipinski definition) is 3. The van der Waals surface area contributed by atoms with E-state index >= 15 is 0 Å². The Hall–Kier alpha value is -1.55. The van der Waals surface area contributed by atoms with Crippen molar-refractivity contribution in [2.45, 2.75) is 19.4 Å². The van der Waals surface area contributed by atoms with E-state index in [1.165, 1.54) is 0 Å². The number of likely N-dealkylation sites (N-methyl/N-ethyl adjacent to an activating group) is 1. The molecule has 0 radical (unpaired) electrons. The van der Waals surface area contributed by atoms with E-state index in [1.807, 2.05) is 38.2 Å². The maximum Gasteiger partial charge on any atom is 0.224 e. The number of hydrogen-bond donors (Lipinski definition) is 2. The van der Waals surface area contributed by atoms with Crippen LogP contribution in [-0.4, -0.2) is 32.7 Å². The Kier molecular flexibility index (Phi) is 5.49. The summed E-state index contributed by atoms with van der Waals surface area (Å²) in [6.45, 7) is 2.66. The molecule has 1 aromatic carbocycles. The third-order valence-corrected chi connectivity index (χ3v) is 2.60. The molecule has 0 aliphatic carbocycles. The molecule has 4 heteroatoms. The molecular formula is C13H20N2O2. The Labute approximate surface area is 102 Å². The molecule has 17 heavy (non-hydrogen) atoms. The minimum atomic E-state index is 0.0281. The predicted molar refractivity (Wildman–Crippen MR) is 68.2 cm³/mol. The van der Waals surface area contributed by atoms with Gasteiger partial charge in [0.1, 0.15) is 5.75 Å². The van der Waals surface area contributed by atoms with Gasteiger partial charge in [-0.15, -0.1) is 0 Å². The van der Waals surface area contributed by atoms with Gasteiger partial charge in [0.2, 0.25) is 5.91 Å². The molecule has 0 saturated carbocycles. The van der Waals surface area contributed by atoms with Gasteiger partial charge in [0, 0.05) is 12.6 Å². The lowest BCUT2D eigenvalue weighted by atomic mass is 10.1. The largest absolute Gasteiger partial charge is 0.497 e. The molecule has 1 atom stereocenters. The summed E-state index contributed by atoms with van der Waals surface area (Å²) in [5, 5.41) is 5.94. The minimum Gasteiger partial charge on any atom is -0.497 e. The van der Waals surface area contributed by atoms with Gasteiger partial charge in [-0.1, -0.05) is 12.1 Å². The van der Waals surface area contributed by atoms with Crippen molar-refractivity contribution in [3.05, 3.63) is 29.8 Å². The SMILES string of the molecule is CNC(C)CNC(=O)Cc1cccc(OC)c1. The summed E-state index contributed by atoms with van der Waals surface area (Å²) in [6.07, 6.45) is 0.383. The molecule has 0 aromatic heterocycles. The highest BCUT2D eigenvalue weighted by molar-refractivity contribution is 5.78. The lowest BCUT2D eigenvalue weighted by Crippen LogP contribution is -2.37. The highest BCUT2D eigenvalue weighted by atomic mass is 16.5. The van der Waals surface area contributed by atoms with Crippen LogP contribution in [0.25, 0.3) is 0 Å². The topological polar surface area (TPSA) is 50.4 Å². The maximum atomic E-state index is 11.7. The van der Waals surface area contributed by atoms with Crippen molar-refractivity contribution < 1.29 is 9.53 Å². The highest BCUT2D eigenvalue weighted by Gasteiger charge is 2.05. The summed E-state index contributed by atoms with van der Waals surface area (Å²) < 4.78 is 5.11. The molecule has 0 aliphatic heterocycles. The van der Waals surface area contributed by atoms with Crippen LogP contribution in [0.4, 0.5) is 0 Å². The molecule has 1 aromatic rings. The standard InChI is InChI=1S/C13H20N2O2/c1-10(14-2)9-15-13(16)8-11-5-4-6-12(7-11)17-3/h4-7,10,14H,8-9H2,1-3H3,(H,15,16). The van der Waals surface area contributed by atoms with Crippen LogP contribution in [0, 0.1) is 0 Å². The number of carbonyl (C=O) groups is 1. The quantitative estimate of drug-likeness (QED) is 0.773. The van der Waals surface area contributed by atoms with Crippen LogP contribution in [-0.2, 0) is 11.2 Å². The molecule has 0 spiro atoms. The van der Waals surface area contributed by atoms with Crippen LogP contribution in [0.15, 0.2) is 24.3 Å². The highest BCUT2D eigenvalue weighted by Crippen LogP contribution is 2.12. The lowest BCUT2D eigenvalue weighted by Gasteiger charge is -2.11.